The van der Waals surface area contributed by atoms with Gasteiger partial charge in [0.1, 0.15) is 5.75 Å². The minimum atomic E-state index is -4.78. The SMILES string of the molecule is COc1cc(OC(F)(F)F)cc(CC#N)n1. The first kappa shape index (κ1) is 12.1. The van der Waals surface area contributed by atoms with E-state index < -0.39 is 12.1 Å². The van der Waals surface area contributed by atoms with Gasteiger partial charge in [-0.1, -0.05) is 0 Å². The molecule has 1 aromatic rings. The lowest BCUT2D eigenvalue weighted by Crippen LogP contribution is -2.17. The van der Waals surface area contributed by atoms with Gasteiger partial charge in [0.15, 0.2) is 0 Å². The van der Waals surface area contributed by atoms with Gasteiger partial charge in [0.2, 0.25) is 5.88 Å². The molecule has 0 aliphatic rings. The summed E-state index contributed by atoms with van der Waals surface area (Å²) in [4.78, 5) is 3.78. The van der Waals surface area contributed by atoms with Gasteiger partial charge in [0.25, 0.3) is 0 Å². The molecule has 0 radical (unpaired) electrons. The second-order valence-electron chi connectivity index (χ2n) is 2.72. The van der Waals surface area contributed by atoms with Crippen molar-refractivity contribution in [2.75, 3.05) is 7.11 Å². The first-order chi connectivity index (χ1) is 7.44. The van der Waals surface area contributed by atoms with Crippen LogP contribution in [0, 0.1) is 11.3 Å². The summed E-state index contributed by atoms with van der Waals surface area (Å²) < 4.78 is 44.2. The van der Waals surface area contributed by atoms with Crippen molar-refractivity contribution in [1.82, 2.24) is 4.98 Å². The number of ether oxygens (including phenoxy) is 2. The zero-order chi connectivity index (χ0) is 12.2. The molecule has 0 bridgehead atoms. The molecule has 86 valence electrons. The number of hydrogen-bond donors (Lipinski definition) is 0. The molecule has 0 N–H and O–H groups in total. The van der Waals surface area contributed by atoms with Crippen LogP contribution in [0.4, 0.5) is 13.2 Å². The molecular formula is C9H7F3N2O2. The van der Waals surface area contributed by atoms with Crippen LogP contribution in [-0.4, -0.2) is 18.5 Å². The van der Waals surface area contributed by atoms with Crippen molar-refractivity contribution in [2.24, 2.45) is 0 Å². The minimum Gasteiger partial charge on any atom is -0.481 e. The van der Waals surface area contributed by atoms with Crippen molar-refractivity contribution in [1.29, 1.82) is 5.26 Å². The smallest absolute Gasteiger partial charge is 0.481 e. The van der Waals surface area contributed by atoms with Crippen molar-refractivity contribution in [3.63, 3.8) is 0 Å². The molecule has 0 saturated carbocycles. The minimum absolute atomic E-state index is 0.0352. The number of pyridine rings is 1. The standard InChI is InChI=1S/C9H7F3N2O2/c1-15-8-5-7(16-9(10,11)12)4-6(14-8)2-3-13/h4-5H,2H2,1H3. The second kappa shape index (κ2) is 4.70. The number of methoxy groups -OCH3 is 1. The molecule has 0 fully saturated rings. The molecule has 0 unspecified atom stereocenters. The molecule has 0 aliphatic heterocycles. The summed E-state index contributed by atoms with van der Waals surface area (Å²) in [7, 11) is 1.26. The normalized spacial score (nSPS) is 10.7. The lowest BCUT2D eigenvalue weighted by Gasteiger charge is -2.10. The number of alkyl halides is 3. The molecule has 0 saturated heterocycles. The molecule has 7 heteroatoms. The topological polar surface area (TPSA) is 55.1 Å². The van der Waals surface area contributed by atoms with E-state index in [0.717, 1.165) is 12.1 Å². The summed E-state index contributed by atoms with van der Waals surface area (Å²) in [6.07, 6.45) is -4.90. The molecule has 1 heterocycles. The van der Waals surface area contributed by atoms with Crippen LogP contribution in [0.3, 0.4) is 0 Å². The Morgan fingerprint density at radius 2 is 2.12 bits per heavy atom. The zero-order valence-corrected chi connectivity index (χ0v) is 8.21. The third-order valence-corrected chi connectivity index (χ3v) is 1.53. The lowest BCUT2D eigenvalue weighted by atomic mass is 10.3. The fourth-order valence-corrected chi connectivity index (χ4v) is 1.00. The van der Waals surface area contributed by atoms with Crippen molar-refractivity contribution >= 4 is 0 Å². The van der Waals surface area contributed by atoms with Crippen molar-refractivity contribution in [2.45, 2.75) is 12.8 Å². The Bertz CT molecular complexity index is 412. The van der Waals surface area contributed by atoms with E-state index in [0.29, 0.717) is 0 Å². The lowest BCUT2D eigenvalue weighted by molar-refractivity contribution is -0.274. The Morgan fingerprint density at radius 1 is 1.44 bits per heavy atom. The molecule has 0 amide bonds. The summed E-state index contributed by atoms with van der Waals surface area (Å²) in [6.45, 7) is 0. The molecule has 4 nitrogen and oxygen atoms in total. The molecule has 1 aromatic heterocycles. The summed E-state index contributed by atoms with van der Waals surface area (Å²) in [5.74, 6) is -0.489. The van der Waals surface area contributed by atoms with Crippen molar-refractivity contribution in [3.8, 4) is 17.7 Å². The van der Waals surface area contributed by atoms with E-state index in [9.17, 15) is 13.2 Å². The van der Waals surface area contributed by atoms with Crippen molar-refractivity contribution < 1.29 is 22.6 Å². The first-order valence-corrected chi connectivity index (χ1v) is 4.12. The summed E-state index contributed by atoms with van der Waals surface area (Å²) in [5, 5.41) is 8.41. The fourth-order valence-electron chi connectivity index (χ4n) is 1.00. The number of halogens is 3. The van der Waals surface area contributed by atoms with Crippen LogP contribution in [0.15, 0.2) is 12.1 Å². The largest absolute Gasteiger partial charge is 0.573 e. The highest BCUT2D eigenvalue weighted by Gasteiger charge is 2.31. The van der Waals surface area contributed by atoms with Gasteiger partial charge in [-0.3, -0.25) is 0 Å². The summed E-state index contributed by atoms with van der Waals surface area (Å²) in [5.41, 5.74) is 0.154. The highest BCUT2D eigenvalue weighted by atomic mass is 19.4. The van der Waals surface area contributed by atoms with Crippen LogP contribution in [0.2, 0.25) is 0 Å². The summed E-state index contributed by atoms with van der Waals surface area (Å²) >= 11 is 0. The highest BCUT2D eigenvalue weighted by Crippen LogP contribution is 2.26. The number of aromatic nitrogens is 1. The average Bonchev–Trinajstić information content (AvgIpc) is 2.15. The van der Waals surface area contributed by atoms with Gasteiger partial charge in [0, 0.05) is 12.1 Å². The van der Waals surface area contributed by atoms with E-state index in [1.165, 1.54) is 7.11 Å². The van der Waals surface area contributed by atoms with E-state index in [1.807, 2.05) is 0 Å². The molecule has 0 aliphatic carbocycles. The van der Waals surface area contributed by atoms with Gasteiger partial charge >= 0.3 is 6.36 Å². The van der Waals surface area contributed by atoms with Gasteiger partial charge in [-0.15, -0.1) is 13.2 Å². The van der Waals surface area contributed by atoms with E-state index in [2.05, 4.69) is 14.5 Å². The third-order valence-electron chi connectivity index (χ3n) is 1.53. The molecule has 0 atom stereocenters. The van der Waals surface area contributed by atoms with Gasteiger partial charge in [0.05, 0.1) is 25.3 Å². The van der Waals surface area contributed by atoms with Gasteiger partial charge < -0.3 is 9.47 Å². The fraction of sp³-hybridized carbons (Fsp3) is 0.333. The van der Waals surface area contributed by atoms with Crippen LogP contribution in [-0.2, 0) is 6.42 Å². The van der Waals surface area contributed by atoms with E-state index in [4.69, 9.17) is 5.26 Å². The second-order valence-corrected chi connectivity index (χ2v) is 2.72. The number of nitrogens with zero attached hydrogens (tertiary/aromatic N) is 2. The third kappa shape index (κ3) is 3.65. The Hall–Kier alpha value is -1.97. The predicted octanol–water partition coefficient (Wildman–Crippen LogP) is 2.05. The van der Waals surface area contributed by atoms with E-state index >= 15 is 0 Å². The molecule has 0 spiro atoms. The van der Waals surface area contributed by atoms with Crippen LogP contribution in [0.5, 0.6) is 11.6 Å². The Balaban J connectivity index is 3.00. The van der Waals surface area contributed by atoms with Gasteiger partial charge in [-0.25, -0.2) is 4.98 Å². The van der Waals surface area contributed by atoms with Crippen molar-refractivity contribution in [3.05, 3.63) is 17.8 Å². The van der Waals surface area contributed by atoms with Gasteiger partial charge in [-0.05, 0) is 0 Å². The average molecular weight is 232 g/mol. The molecule has 16 heavy (non-hydrogen) atoms. The zero-order valence-electron chi connectivity index (χ0n) is 8.21. The Morgan fingerprint density at radius 3 is 2.62 bits per heavy atom. The van der Waals surface area contributed by atoms with Crippen LogP contribution in [0.1, 0.15) is 5.69 Å². The molecule has 1 rings (SSSR count). The summed E-state index contributed by atoms with van der Waals surface area (Å²) in [6, 6.07) is 3.81. The first-order valence-electron chi connectivity index (χ1n) is 4.12. The highest BCUT2D eigenvalue weighted by molar-refractivity contribution is 5.31. The predicted molar refractivity (Wildman–Crippen MR) is 46.8 cm³/mol. The van der Waals surface area contributed by atoms with Crippen LogP contribution < -0.4 is 9.47 Å². The Labute approximate surface area is 89.2 Å². The van der Waals surface area contributed by atoms with Gasteiger partial charge in [-0.2, -0.15) is 5.26 Å². The van der Waals surface area contributed by atoms with E-state index in [-0.39, 0.29) is 18.0 Å². The number of nitriles is 1. The molecular weight excluding hydrogens is 225 g/mol. The number of hydrogen-bond acceptors (Lipinski definition) is 4. The maximum absolute atomic E-state index is 11.9. The van der Waals surface area contributed by atoms with Crippen LogP contribution in [0.25, 0.3) is 0 Å². The van der Waals surface area contributed by atoms with Crippen LogP contribution >= 0.6 is 0 Å². The maximum atomic E-state index is 11.9. The molecule has 0 aromatic carbocycles. The monoisotopic (exact) mass is 232 g/mol. The quantitative estimate of drug-likeness (QED) is 0.800. The Kier molecular flexibility index (Phi) is 3.55. The maximum Gasteiger partial charge on any atom is 0.573 e. The van der Waals surface area contributed by atoms with E-state index in [1.54, 1.807) is 6.07 Å². The number of rotatable bonds is 3.